The first-order valence-corrected chi connectivity index (χ1v) is 4.37. The van der Waals surface area contributed by atoms with Gasteiger partial charge in [-0.25, -0.2) is 0 Å². The molecule has 1 saturated heterocycles. The van der Waals surface area contributed by atoms with Crippen molar-refractivity contribution in [2.75, 3.05) is 26.2 Å². The standard InChI is InChI=1S/C8H18N2O/c1-3-10-5-7(9)8(6-10)11-4-2/h7-8H,3-6,9H2,1-2H3/t7-,8-/m1/s1. The van der Waals surface area contributed by atoms with Crippen LogP contribution in [0.3, 0.4) is 0 Å². The van der Waals surface area contributed by atoms with Gasteiger partial charge in [0, 0.05) is 25.7 Å². The highest BCUT2D eigenvalue weighted by molar-refractivity contribution is 4.87. The fourth-order valence-corrected chi connectivity index (χ4v) is 1.53. The van der Waals surface area contributed by atoms with Crippen LogP contribution < -0.4 is 5.73 Å². The molecule has 1 aliphatic heterocycles. The van der Waals surface area contributed by atoms with E-state index >= 15 is 0 Å². The zero-order valence-electron chi connectivity index (χ0n) is 7.42. The molecule has 0 radical (unpaired) electrons. The minimum Gasteiger partial charge on any atom is -0.376 e. The average molecular weight is 158 g/mol. The van der Waals surface area contributed by atoms with Crippen molar-refractivity contribution >= 4 is 0 Å². The number of likely N-dealkylation sites (N-methyl/N-ethyl adjacent to an activating group) is 1. The molecule has 1 aliphatic rings. The highest BCUT2D eigenvalue weighted by Crippen LogP contribution is 2.10. The molecule has 0 aromatic heterocycles. The quantitative estimate of drug-likeness (QED) is 0.631. The summed E-state index contributed by atoms with van der Waals surface area (Å²) >= 11 is 0. The van der Waals surface area contributed by atoms with Crippen molar-refractivity contribution in [2.24, 2.45) is 5.73 Å². The first-order valence-electron chi connectivity index (χ1n) is 4.37. The Morgan fingerprint density at radius 2 is 2.18 bits per heavy atom. The molecule has 1 fully saturated rings. The Morgan fingerprint density at radius 3 is 2.64 bits per heavy atom. The minimum atomic E-state index is 0.217. The van der Waals surface area contributed by atoms with Crippen molar-refractivity contribution in [1.82, 2.24) is 4.90 Å². The maximum Gasteiger partial charge on any atom is 0.0864 e. The molecule has 66 valence electrons. The number of likely N-dealkylation sites (tertiary alicyclic amines) is 1. The van der Waals surface area contributed by atoms with E-state index < -0.39 is 0 Å². The molecule has 3 nitrogen and oxygen atoms in total. The first-order chi connectivity index (χ1) is 5.27. The molecule has 1 heterocycles. The molecule has 0 amide bonds. The third kappa shape index (κ3) is 2.15. The Balaban J connectivity index is 2.32. The van der Waals surface area contributed by atoms with E-state index in [0.29, 0.717) is 0 Å². The lowest BCUT2D eigenvalue weighted by molar-refractivity contribution is 0.0607. The fourth-order valence-electron chi connectivity index (χ4n) is 1.53. The maximum atomic E-state index is 5.86. The van der Waals surface area contributed by atoms with Crippen LogP contribution in [0.5, 0.6) is 0 Å². The van der Waals surface area contributed by atoms with Crippen LogP contribution >= 0.6 is 0 Å². The SMILES string of the molecule is CCO[C@@H]1CN(CC)C[C@H]1N. The number of hydrogen-bond donors (Lipinski definition) is 1. The lowest BCUT2D eigenvalue weighted by Gasteiger charge is -2.13. The van der Waals surface area contributed by atoms with Crippen molar-refractivity contribution in [3.05, 3.63) is 0 Å². The molecule has 11 heavy (non-hydrogen) atoms. The zero-order chi connectivity index (χ0) is 8.27. The molecule has 1 rings (SSSR count). The fraction of sp³-hybridized carbons (Fsp3) is 1.00. The van der Waals surface area contributed by atoms with Crippen molar-refractivity contribution < 1.29 is 4.74 Å². The van der Waals surface area contributed by atoms with Crippen LogP contribution in [0.15, 0.2) is 0 Å². The van der Waals surface area contributed by atoms with E-state index in [1.807, 2.05) is 6.92 Å². The molecular weight excluding hydrogens is 140 g/mol. The Bertz CT molecular complexity index is 119. The highest BCUT2D eigenvalue weighted by atomic mass is 16.5. The Labute approximate surface area is 68.5 Å². The Morgan fingerprint density at radius 1 is 1.45 bits per heavy atom. The van der Waals surface area contributed by atoms with Crippen molar-refractivity contribution in [2.45, 2.75) is 26.0 Å². The molecule has 0 spiro atoms. The number of nitrogens with two attached hydrogens (primary N) is 1. The molecule has 0 saturated carbocycles. The van der Waals surface area contributed by atoms with E-state index in [0.717, 1.165) is 26.2 Å². The molecule has 0 bridgehead atoms. The molecule has 0 aromatic rings. The van der Waals surface area contributed by atoms with Crippen molar-refractivity contribution in [3.8, 4) is 0 Å². The van der Waals surface area contributed by atoms with Crippen LogP contribution in [0.1, 0.15) is 13.8 Å². The van der Waals surface area contributed by atoms with Gasteiger partial charge in [-0.1, -0.05) is 6.92 Å². The van der Waals surface area contributed by atoms with Crippen LogP contribution in [-0.4, -0.2) is 43.3 Å². The van der Waals surface area contributed by atoms with Gasteiger partial charge < -0.3 is 10.5 Å². The van der Waals surface area contributed by atoms with E-state index in [9.17, 15) is 0 Å². The van der Waals surface area contributed by atoms with Gasteiger partial charge in [-0.2, -0.15) is 0 Å². The zero-order valence-corrected chi connectivity index (χ0v) is 7.42. The third-order valence-corrected chi connectivity index (χ3v) is 2.21. The number of ether oxygens (including phenoxy) is 1. The van der Waals surface area contributed by atoms with Gasteiger partial charge >= 0.3 is 0 Å². The van der Waals surface area contributed by atoms with Crippen molar-refractivity contribution in [3.63, 3.8) is 0 Å². The summed E-state index contributed by atoms with van der Waals surface area (Å²) in [6.45, 7) is 8.02. The van der Waals surface area contributed by atoms with Crippen LogP contribution in [0.2, 0.25) is 0 Å². The summed E-state index contributed by atoms with van der Waals surface area (Å²) in [7, 11) is 0. The topological polar surface area (TPSA) is 38.5 Å². The second-order valence-electron chi connectivity index (χ2n) is 3.01. The third-order valence-electron chi connectivity index (χ3n) is 2.21. The summed E-state index contributed by atoms with van der Waals surface area (Å²) in [5, 5.41) is 0. The summed E-state index contributed by atoms with van der Waals surface area (Å²) in [5.41, 5.74) is 5.86. The summed E-state index contributed by atoms with van der Waals surface area (Å²) < 4.78 is 5.48. The van der Waals surface area contributed by atoms with Crippen LogP contribution in [-0.2, 0) is 4.74 Å². The summed E-state index contributed by atoms with van der Waals surface area (Å²) in [5.74, 6) is 0. The summed E-state index contributed by atoms with van der Waals surface area (Å²) in [6, 6.07) is 0.217. The van der Waals surface area contributed by atoms with E-state index in [2.05, 4.69) is 11.8 Å². The number of rotatable bonds is 3. The smallest absolute Gasteiger partial charge is 0.0864 e. The predicted molar refractivity (Wildman–Crippen MR) is 45.5 cm³/mol. The van der Waals surface area contributed by atoms with Crippen LogP contribution in [0.4, 0.5) is 0 Å². The molecule has 0 aromatic carbocycles. The second-order valence-corrected chi connectivity index (χ2v) is 3.01. The lowest BCUT2D eigenvalue weighted by Crippen LogP contribution is -2.35. The van der Waals surface area contributed by atoms with Gasteiger partial charge in [-0.15, -0.1) is 0 Å². The molecule has 0 unspecified atom stereocenters. The van der Waals surface area contributed by atoms with Gasteiger partial charge in [0.15, 0.2) is 0 Å². The normalized spacial score (nSPS) is 33.0. The first kappa shape index (κ1) is 8.97. The van der Waals surface area contributed by atoms with Gasteiger partial charge in [0.1, 0.15) is 0 Å². The van der Waals surface area contributed by atoms with E-state index in [1.54, 1.807) is 0 Å². The van der Waals surface area contributed by atoms with E-state index in [1.165, 1.54) is 0 Å². The molecule has 3 heteroatoms. The largest absolute Gasteiger partial charge is 0.376 e. The van der Waals surface area contributed by atoms with E-state index in [4.69, 9.17) is 10.5 Å². The Kier molecular flexibility index (Phi) is 3.30. The van der Waals surface area contributed by atoms with Gasteiger partial charge in [-0.3, -0.25) is 4.90 Å². The Hall–Kier alpha value is -0.120. The van der Waals surface area contributed by atoms with Crippen molar-refractivity contribution in [1.29, 1.82) is 0 Å². The highest BCUT2D eigenvalue weighted by Gasteiger charge is 2.28. The van der Waals surface area contributed by atoms with Gasteiger partial charge in [-0.05, 0) is 13.5 Å². The minimum absolute atomic E-state index is 0.217. The molecule has 2 atom stereocenters. The molecule has 2 N–H and O–H groups in total. The summed E-state index contributed by atoms with van der Waals surface area (Å²) in [6.07, 6.45) is 0.264. The predicted octanol–water partition coefficient (Wildman–Crippen LogP) is 0.0543. The number of hydrogen-bond acceptors (Lipinski definition) is 3. The maximum absolute atomic E-state index is 5.86. The van der Waals surface area contributed by atoms with Crippen LogP contribution in [0, 0.1) is 0 Å². The van der Waals surface area contributed by atoms with Gasteiger partial charge in [0.2, 0.25) is 0 Å². The average Bonchev–Trinajstić information content (AvgIpc) is 2.33. The van der Waals surface area contributed by atoms with E-state index in [-0.39, 0.29) is 12.1 Å². The van der Waals surface area contributed by atoms with Gasteiger partial charge in [0.25, 0.3) is 0 Å². The monoisotopic (exact) mass is 158 g/mol. The lowest BCUT2D eigenvalue weighted by atomic mass is 10.2. The summed E-state index contributed by atoms with van der Waals surface area (Å²) in [4.78, 5) is 2.32. The molecule has 0 aliphatic carbocycles. The van der Waals surface area contributed by atoms with Gasteiger partial charge in [0.05, 0.1) is 6.10 Å². The number of nitrogens with zero attached hydrogens (tertiary/aromatic N) is 1. The second kappa shape index (κ2) is 4.04. The molecular formula is C8H18N2O. The van der Waals surface area contributed by atoms with Crippen LogP contribution in [0.25, 0.3) is 0 Å².